The van der Waals surface area contributed by atoms with Crippen LogP contribution in [0.3, 0.4) is 0 Å². The van der Waals surface area contributed by atoms with Crippen molar-refractivity contribution in [2.75, 3.05) is 0 Å². The molecule has 0 radical (unpaired) electrons. The van der Waals surface area contributed by atoms with Crippen molar-refractivity contribution >= 4 is 0 Å². The molecule has 0 heterocycles. The van der Waals surface area contributed by atoms with Gasteiger partial charge >= 0.3 is 0 Å². The molecule has 0 bridgehead atoms. The van der Waals surface area contributed by atoms with Crippen molar-refractivity contribution in [3.8, 4) is 0 Å². The highest BCUT2D eigenvalue weighted by Crippen LogP contribution is 2.29. The monoisotopic (exact) mass is 176 g/mol. The summed E-state index contributed by atoms with van der Waals surface area (Å²) in [6.45, 7) is 3.31. The average molecular weight is 176 g/mol. The molecule has 0 aromatic carbocycles. The Morgan fingerprint density at radius 1 is 0.583 bits per heavy atom. The highest BCUT2D eigenvalue weighted by Gasteiger charge is 2.44. The van der Waals surface area contributed by atoms with Crippen molar-refractivity contribution in [3.05, 3.63) is 0 Å². The van der Waals surface area contributed by atoms with Gasteiger partial charge in [0.15, 0.2) is 0 Å². The van der Waals surface area contributed by atoms with Gasteiger partial charge in [0.2, 0.25) is 0 Å². The molecule has 0 spiro atoms. The molecular formula is C8H16O4. The predicted molar refractivity (Wildman–Crippen MR) is 42.4 cm³/mol. The minimum atomic E-state index is -1.14. The highest BCUT2D eigenvalue weighted by atomic mass is 16.4. The van der Waals surface area contributed by atoms with Crippen molar-refractivity contribution in [2.24, 2.45) is 11.8 Å². The molecule has 0 aliphatic heterocycles. The lowest BCUT2D eigenvalue weighted by Crippen LogP contribution is -2.56. The van der Waals surface area contributed by atoms with E-state index in [0.717, 1.165) is 0 Å². The normalized spacial score (nSPS) is 55.5. The Morgan fingerprint density at radius 3 is 1.25 bits per heavy atom. The van der Waals surface area contributed by atoms with Crippen LogP contribution in [0.25, 0.3) is 0 Å². The zero-order valence-electron chi connectivity index (χ0n) is 7.25. The number of aliphatic hydroxyl groups is 4. The maximum Gasteiger partial charge on any atom is 0.106 e. The van der Waals surface area contributed by atoms with E-state index in [0.29, 0.717) is 0 Å². The maximum atomic E-state index is 9.47. The third kappa shape index (κ3) is 1.35. The summed E-state index contributed by atoms with van der Waals surface area (Å²) in [5, 5.41) is 37.4. The maximum absolute atomic E-state index is 9.47. The molecule has 12 heavy (non-hydrogen) atoms. The first-order valence-electron chi connectivity index (χ1n) is 4.19. The smallest absolute Gasteiger partial charge is 0.106 e. The van der Waals surface area contributed by atoms with E-state index in [1.54, 1.807) is 13.8 Å². The van der Waals surface area contributed by atoms with Crippen LogP contribution < -0.4 is 0 Å². The van der Waals surface area contributed by atoms with E-state index in [-0.39, 0.29) is 0 Å². The van der Waals surface area contributed by atoms with E-state index in [9.17, 15) is 20.4 Å². The van der Waals surface area contributed by atoms with Crippen LogP contribution in [0.15, 0.2) is 0 Å². The number of rotatable bonds is 0. The molecule has 0 amide bonds. The van der Waals surface area contributed by atoms with Gasteiger partial charge in [-0.2, -0.15) is 0 Å². The van der Waals surface area contributed by atoms with E-state index in [4.69, 9.17) is 0 Å². The summed E-state index contributed by atoms with van der Waals surface area (Å²) < 4.78 is 0. The molecule has 1 aliphatic rings. The Kier molecular flexibility index (Phi) is 2.73. The zero-order valence-corrected chi connectivity index (χ0v) is 7.25. The lowest BCUT2D eigenvalue weighted by Gasteiger charge is -2.41. The van der Waals surface area contributed by atoms with Crippen molar-refractivity contribution in [2.45, 2.75) is 38.3 Å². The highest BCUT2D eigenvalue weighted by molar-refractivity contribution is 4.94. The second-order valence-corrected chi connectivity index (χ2v) is 3.68. The van der Waals surface area contributed by atoms with Crippen LogP contribution in [0, 0.1) is 11.8 Å². The van der Waals surface area contributed by atoms with Gasteiger partial charge in [-0.05, 0) is 0 Å². The minimum Gasteiger partial charge on any atom is -0.392 e. The van der Waals surface area contributed by atoms with Crippen LogP contribution in [0.5, 0.6) is 0 Å². The molecule has 1 aliphatic carbocycles. The van der Waals surface area contributed by atoms with Gasteiger partial charge in [-0.15, -0.1) is 0 Å². The summed E-state index contributed by atoms with van der Waals surface area (Å²) in [5.74, 6) is -0.781. The Hall–Kier alpha value is -0.160. The first-order valence-corrected chi connectivity index (χ1v) is 4.19. The molecule has 4 heteroatoms. The summed E-state index contributed by atoms with van der Waals surface area (Å²) in [6.07, 6.45) is -3.96. The van der Waals surface area contributed by atoms with Gasteiger partial charge in [0.05, 0.1) is 18.3 Å². The van der Waals surface area contributed by atoms with Crippen LogP contribution >= 0.6 is 0 Å². The van der Waals surface area contributed by atoms with Crippen LogP contribution in [-0.2, 0) is 0 Å². The standard InChI is InChI=1S/C8H16O4/c1-3-5(9)4(2)7(11)8(12)6(3)10/h3-12H,1-2H3/t3-,4+,5-,6+,7-,8+. The van der Waals surface area contributed by atoms with E-state index < -0.39 is 36.3 Å². The molecule has 72 valence electrons. The fourth-order valence-electron chi connectivity index (χ4n) is 1.71. The molecule has 0 saturated heterocycles. The Bertz CT molecular complexity index is 103. The van der Waals surface area contributed by atoms with Gasteiger partial charge in [0.25, 0.3) is 0 Å². The van der Waals surface area contributed by atoms with Crippen LogP contribution in [0.4, 0.5) is 0 Å². The van der Waals surface area contributed by atoms with Crippen molar-refractivity contribution < 1.29 is 20.4 Å². The molecule has 0 aromatic heterocycles. The Balaban J connectivity index is 2.76. The molecule has 1 rings (SSSR count). The number of hydrogen-bond donors (Lipinski definition) is 4. The topological polar surface area (TPSA) is 80.9 Å². The molecule has 1 fully saturated rings. The van der Waals surface area contributed by atoms with Gasteiger partial charge in [-0.25, -0.2) is 0 Å². The van der Waals surface area contributed by atoms with Gasteiger partial charge < -0.3 is 20.4 Å². The molecular weight excluding hydrogens is 160 g/mol. The van der Waals surface area contributed by atoms with E-state index >= 15 is 0 Å². The van der Waals surface area contributed by atoms with Gasteiger partial charge in [-0.3, -0.25) is 0 Å². The Labute approximate surface area is 71.5 Å². The average Bonchev–Trinajstić information content (AvgIpc) is 2.08. The lowest BCUT2D eigenvalue weighted by molar-refractivity contribution is -0.172. The largest absolute Gasteiger partial charge is 0.392 e. The minimum absolute atomic E-state index is 0.390. The molecule has 0 aromatic rings. The number of aliphatic hydroxyl groups excluding tert-OH is 4. The van der Waals surface area contributed by atoms with E-state index in [1.807, 2.05) is 0 Å². The summed E-state index contributed by atoms with van der Waals surface area (Å²) in [7, 11) is 0. The number of hydrogen-bond acceptors (Lipinski definition) is 4. The van der Waals surface area contributed by atoms with E-state index in [1.165, 1.54) is 0 Å². The molecule has 6 atom stereocenters. The van der Waals surface area contributed by atoms with Crippen molar-refractivity contribution in [1.29, 1.82) is 0 Å². The third-order valence-corrected chi connectivity index (χ3v) is 2.85. The Morgan fingerprint density at radius 2 is 0.917 bits per heavy atom. The van der Waals surface area contributed by atoms with Crippen LogP contribution in [0.1, 0.15) is 13.8 Å². The molecule has 1 saturated carbocycles. The summed E-state index contributed by atoms with van der Waals surface area (Å²) >= 11 is 0. The van der Waals surface area contributed by atoms with Gasteiger partial charge in [-0.1, -0.05) is 13.8 Å². The van der Waals surface area contributed by atoms with Gasteiger partial charge in [0, 0.05) is 11.8 Å². The molecule has 4 N–H and O–H groups in total. The van der Waals surface area contributed by atoms with Gasteiger partial charge in [0.1, 0.15) is 6.10 Å². The zero-order chi connectivity index (χ0) is 9.46. The fourth-order valence-corrected chi connectivity index (χ4v) is 1.71. The van der Waals surface area contributed by atoms with Crippen LogP contribution in [-0.4, -0.2) is 44.8 Å². The third-order valence-electron chi connectivity index (χ3n) is 2.85. The SMILES string of the molecule is C[C@@H]1[C@@H](O)[C@H](C)[C@@H](O)[C@@H](O)[C@H]1O. The van der Waals surface area contributed by atoms with Crippen LogP contribution in [0.2, 0.25) is 0 Å². The van der Waals surface area contributed by atoms with E-state index in [2.05, 4.69) is 0 Å². The molecule has 4 nitrogen and oxygen atoms in total. The second kappa shape index (κ2) is 3.30. The fraction of sp³-hybridized carbons (Fsp3) is 1.00. The lowest BCUT2D eigenvalue weighted by atomic mass is 9.75. The first-order chi connectivity index (χ1) is 5.46. The summed E-state index contributed by atoms with van der Waals surface area (Å²) in [4.78, 5) is 0. The second-order valence-electron chi connectivity index (χ2n) is 3.68. The van der Waals surface area contributed by atoms with Crippen molar-refractivity contribution in [1.82, 2.24) is 0 Å². The van der Waals surface area contributed by atoms with Crippen molar-refractivity contribution in [3.63, 3.8) is 0 Å². The summed E-state index contributed by atoms with van der Waals surface area (Å²) in [6, 6.07) is 0. The quantitative estimate of drug-likeness (QED) is 0.370. The first kappa shape index (κ1) is 9.92. The predicted octanol–water partition coefficient (Wildman–Crippen LogP) is -1.28. The molecule has 0 unspecified atom stereocenters. The summed E-state index contributed by atoms with van der Waals surface area (Å²) in [5.41, 5.74) is 0.